The van der Waals surface area contributed by atoms with E-state index in [-0.39, 0.29) is 6.10 Å². The fourth-order valence-electron chi connectivity index (χ4n) is 3.94. The van der Waals surface area contributed by atoms with Crippen molar-refractivity contribution in [3.63, 3.8) is 0 Å². The highest BCUT2D eigenvalue weighted by atomic mass is 16.5. The van der Waals surface area contributed by atoms with Crippen molar-refractivity contribution in [1.29, 1.82) is 0 Å². The number of phenolic OH excluding ortho intramolecular Hbond substituents is 1. The van der Waals surface area contributed by atoms with E-state index in [4.69, 9.17) is 14.5 Å². The normalized spacial score (nSPS) is 19.5. The summed E-state index contributed by atoms with van der Waals surface area (Å²) in [6, 6.07) is 3.89. The molecular weight excluding hydrogens is 354 g/mol. The Morgan fingerprint density at radius 3 is 2.96 bits per heavy atom. The number of fused-ring (bicyclic) bond motifs is 1. The number of aryl methyl sites for hydroxylation is 1. The van der Waals surface area contributed by atoms with Crippen LogP contribution in [0.2, 0.25) is 0 Å². The number of rotatable bonds is 9. The number of nitrogens with one attached hydrogen (secondary N) is 2. The Balaban J connectivity index is 1.46. The van der Waals surface area contributed by atoms with Crippen molar-refractivity contribution in [2.75, 3.05) is 32.9 Å². The lowest BCUT2D eigenvalue weighted by Crippen LogP contribution is -2.38. The molecule has 0 aromatic heterocycles. The van der Waals surface area contributed by atoms with E-state index in [1.165, 1.54) is 24.0 Å². The fourth-order valence-corrected chi connectivity index (χ4v) is 3.94. The number of benzene rings is 1. The predicted molar refractivity (Wildman–Crippen MR) is 112 cm³/mol. The minimum Gasteiger partial charge on any atom is -0.508 e. The summed E-state index contributed by atoms with van der Waals surface area (Å²) in [4.78, 5) is 4.71. The van der Waals surface area contributed by atoms with Crippen molar-refractivity contribution in [2.45, 2.75) is 64.5 Å². The van der Waals surface area contributed by atoms with E-state index in [1.807, 2.05) is 6.07 Å². The quantitative estimate of drug-likeness (QED) is 0.344. The molecule has 1 aromatic carbocycles. The number of hydrogen-bond acceptors (Lipinski definition) is 4. The Kier molecular flexibility index (Phi) is 8.42. The first kappa shape index (κ1) is 20.9. The second-order valence-corrected chi connectivity index (χ2v) is 7.59. The van der Waals surface area contributed by atoms with Gasteiger partial charge in [0, 0.05) is 31.9 Å². The smallest absolute Gasteiger partial charge is 0.191 e. The van der Waals surface area contributed by atoms with Crippen LogP contribution in [0.15, 0.2) is 17.1 Å². The number of phenols is 1. The van der Waals surface area contributed by atoms with Gasteiger partial charge in [-0.2, -0.15) is 0 Å². The van der Waals surface area contributed by atoms with Crippen molar-refractivity contribution >= 4 is 5.96 Å². The first-order valence-corrected chi connectivity index (χ1v) is 10.8. The SMILES string of the molecule is CCNC(=NCc1c(O)ccc2c1CCCC2)NCCCOCC1CCCO1. The summed E-state index contributed by atoms with van der Waals surface area (Å²) < 4.78 is 11.3. The van der Waals surface area contributed by atoms with Crippen molar-refractivity contribution in [1.82, 2.24) is 10.6 Å². The fraction of sp³-hybridized carbons (Fsp3) is 0.682. The Hall–Kier alpha value is -1.79. The topological polar surface area (TPSA) is 75.1 Å². The zero-order valence-electron chi connectivity index (χ0n) is 17.1. The first-order chi connectivity index (χ1) is 13.8. The van der Waals surface area contributed by atoms with Gasteiger partial charge in [0.1, 0.15) is 5.75 Å². The maximum Gasteiger partial charge on any atom is 0.191 e. The predicted octanol–water partition coefficient (Wildman–Crippen LogP) is 2.91. The molecule has 1 aliphatic heterocycles. The van der Waals surface area contributed by atoms with Crippen LogP contribution >= 0.6 is 0 Å². The Morgan fingerprint density at radius 1 is 1.25 bits per heavy atom. The number of guanidine groups is 1. The summed E-state index contributed by atoms with van der Waals surface area (Å²) in [6.45, 7) is 6.46. The molecule has 1 atom stereocenters. The lowest BCUT2D eigenvalue weighted by molar-refractivity contribution is 0.0168. The van der Waals surface area contributed by atoms with Crippen LogP contribution in [0.4, 0.5) is 0 Å². The molecule has 1 heterocycles. The zero-order chi connectivity index (χ0) is 19.6. The number of aromatic hydroxyl groups is 1. The van der Waals surface area contributed by atoms with Gasteiger partial charge in [0.2, 0.25) is 0 Å². The molecule has 156 valence electrons. The van der Waals surface area contributed by atoms with Crippen LogP contribution in [0.25, 0.3) is 0 Å². The van der Waals surface area contributed by atoms with Crippen molar-refractivity contribution < 1.29 is 14.6 Å². The maximum atomic E-state index is 10.3. The molecule has 1 unspecified atom stereocenters. The summed E-state index contributed by atoms with van der Waals surface area (Å²) in [5.41, 5.74) is 3.65. The Morgan fingerprint density at radius 2 is 2.14 bits per heavy atom. The molecule has 3 N–H and O–H groups in total. The van der Waals surface area contributed by atoms with Crippen molar-refractivity contribution in [2.24, 2.45) is 4.99 Å². The summed E-state index contributed by atoms with van der Waals surface area (Å²) in [6.07, 6.45) is 8.05. The minimum absolute atomic E-state index is 0.288. The van der Waals surface area contributed by atoms with E-state index >= 15 is 0 Å². The zero-order valence-corrected chi connectivity index (χ0v) is 17.1. The van der Waals surface area contributed by atoms with E-state index < -0.39 is 0 Å². The second kappa shape index (κ2) is 11.3. The maximum absolute atomic E-state index is 10.3. The Bertz CT molecular complexity index is 642. The first-order valence-electron chi connectivity index (χ1n) is 10.8. The minimum atomic E-state index is 0.288. The molecule has 1 saturated heterocycles. The van der Waals surface area contributed by atoms with Gasteiger partial charge in [-0.15, -0.1) is 0 Å². The standard InChI is InChI=1S/C22H35N3O3/c1-2-23-22(24-12-6-13-27-16-18-8-5-14-28-18)25-15-20-19-9-4-3-7-17(19)10-11-21(20)26/h10-11,18,26H,2-9,12-16H2,1H3,(H2,23,24,25). The van der Waals surface area contributed by atoms with Gasteiger partial charge in [-0.3, -0.25) is 0 Å². The lowest BCUT2D eigenvalue weighted by Gasteiger charge is -2.20. The molecule has 0 saturated carbocycles. The van der Waals surface area contributed by atoms with Crippen LogP contribution < -0.4 is 10.6 Å². The van der Waals surface area contributed by atoms with Gasteiger partial charge in [0.25, 0.3) is 0 Å². The van der Waals surface area contributed by atoms with Crippen LogP contribution in [0.5, 0.6) is 5.75 Å². The highest BCUT2D eigenvalue weighted by molar-refractivity contribution is 5.79. The molecule has 28 heavy (non-hydrogen) atoms. The Labute approximate surface area is 168 Å². The molecule has 0 radical (unpaired) electrons. The molecule has 1 fully saturated rings. The number of ether oxygens (including phenoxy) is 2. The average Bonchev–Trinajstić information content (AvgIpc) is 3.23. The molecule has 0 spiro atoms. The third-order valence-electron chi connectivity index (χ3n) is 5.45. The highest BCUT2D eigenvalue weighted by Crippen LogP contribution is 2.31. The van der Waals surface area contributed by atoms with Gasteiger partial charge in [-0.05, 0) is 69.1 Å². The molecular formula is C22H35N3O3. The van der Waals surface area contributed by atoms with Gasteiger partial charge < -0.3 is 25.2 Å². The van der Waals surface area contributed by atoms with Crippen molar-refractivity contribution in [3.05, 3.63) is 28.8 Å². The van der Waals surface area contributed by atoms with Gasteiger partial charge in [-0.25, -0.2) is 4.99 Å². The van der Waals surface area contributed by atoms with E-state index in [9.17, 15) is 5.11 Å². The van der Waals surface area contributed by atoms with E-state index in [1.54, 1.807) is 0 Å². The molecule has 2 aliphatic rings. The monoisotopic (exact) mass is 389 g/mol. The number of nitrogens with zero attached hydrogens (tertiary/aromatic N) is 1. The van der Waals surface area contributed by atoms with Crippen LogP contribution in [0.1, 0.15) is 55.7 Å². The second-order valence-electron chi connectivity index (χ2n) is 7.59. The van der Waals surface area contributed by atoms with Crippen LogP contribution in [-0.4, -0.2) is 50.1 Å². The van der Waals surface area contributed by atoms with Gasteiger partial charge in [0.15, 0.2) is 5.96 Å². The third-order valence-corrected chi connectivity index (χ3v) is 5.45. The van der Waals surface area contributed by atoms with Crippen LogP contribution in [0.3, 0.4) is 0 Å². The van der Waals surface area contributed by atoms with E-state index in [2.05, 4.69) is 23.6 Å². The molecule has 6 heteroatoms. The summed E-state index contributed by atoms with van der Waals surface area (Å²) in [5.74, 6) is 1.15. The van der Waals surface area contributed by atoms with Gasteiger partial charge in [0.05, 0.1) is 19.3 Å². The largest absolute Gasteiger partial charge is 0.508 e. The molecule has 1 aliphatic carbocycles. The van der Waals surface area contributed by atoms with E-state index in [0.29, 0.717) is 18.9 Å². The average molecular weight is 390 g/mol. The molecule has 1 aromatic rings. The van der Waals surface area contributed by atoms with Gasteiger partial charge >= 0.3 is 0 Å². The summed E-state index contributed by atoms with van der Waals surface area (Å²) in [7, 11) is 0. The highest BCUT2D eigenvalue weighted by Gasteiger charge is 2.16. The molecule has 0 amide bonds. The van der Waals surface area contributed by atoms with Gasteiger partial charge in [-0.1, -0.05) is 6.07 Å². The van der Waals surface area contributed by atoms with Crippen LogP contribution in [0, 0.1) is 0 Å². The number of aliphatic imine (C=N–C) groups is 1. The molecule has 3 rings (SSSR count). The molecule has 0 bridgehead atoms. The van der Waals surface area contributed by atoms with Crippen molar-refractivity contribution in [3.8, 4) is 5.75 Å². The summed E-state index contributed by atoms with van der Waals surface area (Å²) in [5, 5.41) is 17.0. The molecule has 6 nitrogen and oxygen atoms in total. The van der Waals surface area contributed by atoms with Crippen LogP contribution in [-0.2, 0) is 28.9 Å². The lowest BCUT2D eigenvalue weighted by atomic mass is 9.88. The van der Waals surface area contributed by atoms with E-state index in [0.717, 1.165) is 69.9 Å². The summed E-state index contributed by atoms with van der Waals surface area (Å²) >= 11 is 0. The third kappa shape index (κ3) is 6.11. The number of hydrogen-bond donors (Lipinski definition) is 3.